The largest absolute Gasteiger partial charge is 0.508 e. The number of carboxylic acids is 1. The Morgan fingerprint density at radius 2 is 1.63 bits per heavy atom. The summed E-state index contributed by atoms with van der Waals surface area (Å²) in [6, 6.07) is 14.9. The van der Waals surface area contributed by atoms with Crippen molar-refractivity contribution in [1.29, 1.82) is 0 Å². The second kappa shape index (κ2) is 8.28. The van der Waals surface area contributed by atoms with Gasteiger partial charge in [-0.25, -0.2) is 9.97 Å². The van der Waals surface area contributed by atoms with Crippen molar-refractivity contribution in [3.63, 3.8) is 0 Å². The van der Waals surface area contributed by atoms with Gasteiger partial charge in [0.2, 0.25) is 5.95 Å². The number of fused-ring (bicyclic) bond motifs is 2. The number of rotatable bonds is 5. The first-order chi connectivity index (χ1) is 17.1. The van der Waals surface area contributed by atoms with E-state index in [4.69, 9.17) is 9.97 Å². The number of anilines is 2. The van der Waals surface area contributed by atoms with Gasteiger partial charge in [0, 0.05) is 31.9 Å². The summed E-state index contributed by atoms with van der Waals surface area (Å²) in [6.45, 7) is 2.63. The van der Waals surface area contributed by atoms with Gasteiger partial charge < -0.3 is 24.6 Å². The fourth-order valence-electron chi connectivity index (χ4n) is 4.45. The fourth-order valence-corrected chi connectivity index (χ4v) is 4.45. The van der Waals surface area contributed by atoms with E-state index in [2.05, 4.69) is 19.8 Å². The van der Waals surface area contributed by atoms with E-state index in [9.17, 15) is 15.0 Å². The number of hydrogen-bond donors (Lipinski definition) is 2. The van der Waals surface area contributed by atoms with Gasteiger partial charge in [-0.1, -0.05) is 12.1 Å². The maximum atomic E-state index is 11.4. The quantitative estimate of drug-likeness (QED) is 0.398. The lowest BCUT2D eigenvalue weighted by atomic mass is 10.2. The Bertz CT molecular complexity index is 1530. The van der Waals surface area contributed by atoms with Gasteiger partial charge in [-0.3, -0.25) is 9.36 Å². The Balaban J connectivity index is 1.39. The van der Waals surface area contributed by atoms with E-state index >= 15 is 0 Å². The van der Waals surface area contributed by atoms with E-state index in [1.165, 1.54) is 10.9 Å². The highest BCUT2D eigenvalue weighted by Gasteiger charge is 2.23. The van der Waals surface area contributed by atoms with Crippen molar-refractivity contribution < 1.29 is 15.0 Å². The zero-order valence-electron chi connectivity index (χ0n) is 18.7. The van der Waals surface area contributed by atoms with Crippen molar-refractivity contribution >= 4 is 39.8 Å². The second-order valence-corrected chi connectivity index (χ2v) is 8.38. The van der Waals surface area contributed by atoms with Crippen LogP contribution in [0.25, 0.3) is 28.0 Å². The zero-order valence-corrected chi connectivity index (χ0v) is 18.7. The minimum Gasteiger partial charge on any atom is -0.508 e. The maximum Gasteiger partial charge on any atom is 0.323 e. The molecule has 4 heterocycles. The van der Waals surface area contributed by atoms with Crippen LogP contribution in [0.3, 0.4) is 0 Å². The average molecular weight is 470 g/mol. The number of nitrogens with zero attached hydrogens (tertiary/aromatic N) is 8. The topological polar surface area (TPSA) is 125 Å². The summed E-state index contributed by atoms with van der Waals surface area (Å²) in [5.41, 5.74) is 3.73. The van der Waals surface area contributed by atoms with Gasteiger partial charge in [-0.05, 0) is 36.4 Å². The number of aromatic hydroxyl groups is 1. The molecule has 0 atom stereocenters. The number of phenolic OH excluding ortho intramolecular Hbond substituents is 1. The van der Waals surface area contributed by atoms with Gasteiger partial charge in [0.15, 0.2) is 17.0 Å². The first kappa shape index (κ1) is 20.9. The number of aromatic nitrogens is 6. The van der Waals surface area contributed by atoms with Crippen LogP contribution in [0, 0.1) is 0 Å². The highest BCUT2D eigenvalue weighted by molar-refractivity contribution is 5.85. The Kier molecular flexibility index (Phi) is 4.94. The van der Waals surface area contributed by atoms with Crippen LogP contribution in [0.5, 0.6) is 5.75 Å². The summed E-state index contributed by atoms with van der Waals surface area (Å²) in [5, 5.41) is 18.9. The summed E-state index contributed by atoms with van der Waals surface area (Å²) in [6.07, 6.45) is 3.19. The predicted molar refractivity (Wildman–Crippen MR) is 130 cm³/mol. The molecule has 2 N–H and O–H groups in total. The van der Waals surface area contributed by atoms with Crippen molar-refractivity contribution in [3.8, 4) is 11.6 Å². The lowest BCUT2D eigenvalue weighted by Gasteiger charge is -2.36. The van der Waals surface area contributed by atoms with Crippen molar-refractivity contribution in [1.82, 2.24) is 29.1 Å². The molecule has 0 spiro atoms. The van der Waals surface area contributed by atoms with Crippen molar-refractivity contribution in [2.45, 2.75) is 6.54 Å². The molecule has 0 bridgehead atoms. The molecule has 176 valence electrons. The van der Waals surface area contributed by atoms with E-state index in [0.717, 1.165) is 29.8 Å². The average Bonchev–Trinajstić information content (AvgIpc) is 3.48. The van der Waals surface area contributed by atoms with Crippen molar-refractivity contribution in [2.24, 2.45) is 0 Å². The number of benzene rings is 2. The van der Waals surface area contributed by atoms with Crippen LogP contribution in [0.2, 0.25) is 0 Å². The molecule has 1 saturated heterocycles. The number of piperazine rings is 1. The van der Waals surface area contributed by atoms with Crippen LogP contribution in [0.1, 0.15) is 0 Å². The molecule has 1 aliphatic heterocycles. The van der Waals surface area contributed by atoms with E-state index in [1.54, 1.807) is 18.5 Å². The predicted octanol–water partition coefficient (Wildman–Crippen LogP) is 2.28. The minimum absolute atomic E-state index is 0.242. The van der Waals surface area contributed by atoms with Crippen LogP contribution in [-0.2, 0) is 11.3 Å². The van der Waals surface area contributed by atoms with Gasteiger partial charge in [0.1, 0.15) is 18.6 Å². The lowest BCUT2D eigenvalue weighted by molar-refractivity contribution is -0.137. The monoisotopic (exact) mass is 470 g/mol. The third-order valence-electron chi connectivity index (χ3n) is 6.20. The van der Waals surface area contributed by atoms with Crippen LogP contribution in [-0.4, -0.2) is 71.4 Å². The SMILES string of the molecule is O=C(O)Cn1cnc2c(-n3cnc4ccccc43)nc(N3CCN(c4ccc(O)cc4)CC3)nc21. The number of imidazole rings is 2. The van der Waals surface area contributed by atoms with E-state index in [1.807, 2.05) is 41.0 Å². The molecule has 0 unspecified atom stereocenters. The number of phenols is 1. The number of aliphatic carboxylic acids is 1. The van der Waals surface area contributed by atoms with Crippen LogP contribution >= 0.6 is 0 Å². The molecular weight excluding hydrogens is 448 g/mol. The molecule has 2 aromatic carbocycles. The lowest BCUT2D eigenvalue weighted by Crippen LogP contribution is -2.47. The zero-order chi connectivity index (χ0) is 23.9. The third kappa shape index (κ3) is 3.76. The van der Waals surface area contributed by atoms with Gasteiger partial charge in [0.05, 0.1) is 17.4 Å². The Hall–Kier alpha value is -4.67. The number of para-hydroxylation sites is 2. The van der Waals surface area contributed by atoms with Gasteiger partial charge in [-0.15, -0.1) is 0 Å². The molecule has 5 aromatic rings. The van der Waals surface area contributed by atoms with Crippen LogP contribution < -0.4 is 9.80 Å². The van der Waals surface area contributed by atoms with E-state index < -0.39 is 5.97 Å². The second-order valence-electron chi connectivity index (χ2n) is 8.38. The number of carboxylic acid groups (broad SMARTS) is 1. The van der Waals surface area contributed by atoms with Crippen LogP contribution in [0.15, 0.2) is 61.2 Å². The molecule has 35 heavy (non-hydrogen) atoms. The first-order valence-corrected chi connectivity index (χ1v) is 11.2. The molecule has 6 rings (SSSR count). The molecule has 1 fully saturated rings. The molecule has 0 radical (unpaired) electrons. The molecule has 0 amide bonds. The summed E-state index contributed by atoms with van der Waals surface area (Å²) in [4.78, 5) is 34.3. The van der Waals surface area contributed by atoms with E-state index in [0.29, 0.717) is 36.0 Å². The molecular formula is C24H22N8O3. The standard InChI is InChI=1S/C24H22N8O3/c33-17-7-5-16(6-8-17)29-9-11-30(12-10-29)24-27-22-21(26-14-31(22)13-20(34)35)23(28-24)32-15-25-18-3-1-2-4-19(18)32/h1-8,14-15,33H,9-13H2,(H,34,35). The summed E-state index contributed by atoms with van der Waals surface area (Å²) in [5.74, 6) is 0.347. The molecule has 1 aliphatic rings. The molecule has 11 nitrogen and oxygen atoms in total. The number of hydrogen-bond acceptors (Lipinski definition) is 8. The summed E-state index contributed by atoms with van der Waals surface area (Å²) < 4.78 is 3.39. The Morgan fingerprint density at radius 3 is 2.40 bits per heavy atom. The summed E-state index contributed by atoms with van der Waals surface area (Å²) in [7, 11) is 0. The van der Waals surface area contributed by atoms with Crippen molar-refractivity contribution in [2.75, 3.05) is 36.0 Å². The van der Waals surface area contributed by atoms with Crippen molar-refractivity contribution in [3.05, 3.63) is 61.2 Å². The molecule has 11 heteroatoms. The third-order valence-corrected chi connectivity index (χ3v) is 6.20. The number of carbonyl (C=O) groups is 1. The van der Waals surface area contributed by atoms with Gasteiger partial charge in [0.25, 0.3) is 0 Å². The fraction of sp³-hybridized carbons (Fsp3) is 0.208. The van der Waals surface area contributed by atoms with Gasteiger partial charge in [-0.2, -0.15) is 9.97 Å². The van der Waals surface area contributed by atoms with Gasteiger partial charge >= 0.3 is 5.97 Å². The highest BCUT2D eigenvalue weighted by atomic mass is 16.4. The molecule has 0 saturated carbocycles. The Morgan fingerprint density at radius 1 is 0.886 bits per heavy atom. The normalized spacial score (nSPS) is 14.2. The highest BCUT2D eigenvalue weighted by Crippen LogP contribution is 2.27. The maximum absolute atomic E-state index is 11.4. The first-order valence-electron chi connectivity index (χ1n) is 11.2. The van der Waals surface area contributed by atoms with E-state index in [-0.39, 0.29) is 12.3 Å². The molecule has 0 aliphatic carbocycles. The smallest absolute Gasteiger partial charge is 0.323 e. The summed E-state index contributed by atoms with van der Waals surface area (Å²) >= 11 is 0. The minimum atomic E-state index is -0.971. The Labute approximate surface area is 199 Å². The molecule has 3 aromatic heterocycles. The van der Waals surface area contributed by atoms with Crippen LogP contribution in [0.4, 0.5) is 11.6 Å².